The van der Waals surface area contributed by atoms with Crippen LogP contribution in [0, 0.1) is 11.3 Å². The fourth-order valence-electron chi connectivity index (χ4n) is 2.73. The summed E-state index contributed by atoms with van der Waals surface area (Å²) in [6.07, 6.45) is 0.306. The molecule has 2 aromatic rings. The Bertz CT molecular complexity index is 862. The van der Waals surface area contributed by atoms with Crippen molar-refractivity contribution >= 4 is 11.8 Å². The first-order valence-electron chi connectivity index (χ1n) is 9.04. The number of nitrogens with zero attached hydrogens (tertiary/aromatic N) is 1. The fourth-order valence-corrected chi connectivity index (χ4v) is 2.73. The molecule has 0 spiro atoms. The van der Waals surface area contributed by atoms with Gasteiger partial charge in [-0.15, -0.1) is 0 Å². The Morgan fingerprint density at radius 2 is 1.59 bits per heavy atom. The van der Waals surface area contributed by atoms with E-state index in [-0.39, 0.29) is 23.9 Å². The van der Waals surface area contributed by atoms with E-state index in [2.05, 4.69) is 16.7 Å². The van der Waals surface area contributed by atoms with Gasteiger partial charge in [-0.3, -0.25) is 9.59 Å². The van der Waals surface area contributed by atoms with Gasteiger partial charge in [0.05, 0.1) is 18.1 Å². The van der Waals surface area contributed by atoms with E-state index < -0.39 is 0 Å². The molecule has 0 aromatic heterocycles. The van der Waals surface area contributed by atoms with Crippen LogP contribution >= 0.6 is 0 Å². The number of nitrogens with one attached hydrogen (secondary N) is 2. The molecule has 0 fully saturated rings. The highest BCUT2D eigenvalue weighted by atomic mass is 16.2. The van der Waals surface area contributed by atoms with Gasteiger partial charge in [0.1, 0.15) is 0 Å². The topological polar surface area (TPSA) is 82.0 Å². The number of amides is 2. The molecular formula is C22H25N3O2. The van der Waals surface area contributed by atoms with Crippen LogP contribution in [0.15, 0.2) is 42.5 Å². The summed E-state index contributed by atoms with van der Waals surface area (Å²) in [4.78, 5) is 24.2. The van der Waals surface area contributed by atoms with E-state index >= 15 is 0 Å². The third-order valence-corrected chi connectivity index (χ3v) is 3.90. The predicted molar refractivity (Wildman–Crippen MR) is 106 cm³/mol. The zero-order valence-electron chi connectivity index (χ0n) is 16.2. The van der Waals surface area contributed by atoms with Gasteiger partial charge in [-0.05, 0) is 57.0 Å². The van der Waals surface area contributed by atoms with Crippen LogP contribution < -0.4 is 10.6 Å². The van der Waals surface area contributed by atoms with Crippen LogP contribution in [0.2, 0.25) is 0 Å². The van der Waals surface area contributed by atoms with Crippen molar-refractivity contribution in [2.75, 3.05) is 0 Å². The number of nitriles is 1. The highest BCUT2D eigenvalue weighted by Gasteiger charge is 2.12. The van der Waals surface area contributed by atoms with Gasteiger partial charge in [-0.1, -0.05) is 24.3 Å². The minimum Gasteiger partial charge on any atom is -0.354 e. The number of hydrogen-bond donors (Lipinski definition) is 2. The second kappa shape index (κ2) is 9.00. The van der Waals surface area contributed by atoms with E-state index in [9.17, 15) is 14.9 Å². The zero-order valence-corrected chi connectivity index (χ0v) is 16.2. The first-order chi connectivity index (χ1) is 12.8. The summed E-state index contributed by atoms with van der Waals surface area (Å²) in [6.45, 7) is 7.65. The molecule has 2 aromatic carbocycles. The van der Waals surface area contributed by atoms with Gasteiger partial charge in [0, 0.05) is 23.2 Å². The van der Waals surface area contributed by atoms with E-state index in [1.165, 1.54) is 0 Å². The molecule has 0 bridgehead atoms. The summed E-state index contributed by atoms with van der Waals surface area (Å²) in [5.41, 5.74) is 3.44. The Morgan fingerprint density at radius 3 is 2.15 bits per heavy atom. The number of hydrogen-bond acceptors (Lipinski definition) is 3. The van der Waals surface area contributed by atoms with Crippen molar-refractivity contribution in [1.29, 1.82) is 5.26 Å². The molecule has 0 unspecified atom stereocenters. The van der Waals surface area contributed by atoms with Crippen molar-refractivity contribution in [1.82, 2.24) is 10.6 Å². The summed E-state index contributed by atoms with van der Waals surface area (Å²) in [7, 11) is 0. The monoisotopic (exact) mass is 363 g/mol. The predicted octanol–water partition coefficient (Wildman–Crippen LogP) is 3.43. The molecule has 0 radical (unpaired) electrons. The van der Waals surface area contributed by atoms with Gasteiger partial charge < -0.3 is 10.6 Å². The number of rotatable bonds is 6. The molecule has 0 atom stereocenters. The van der Waals surface area contributed by atoms with Crippen molar-refractivity contribution in [2.45, 2.75) is 46.2 Å². The molecule has 140 valence electrons. The lowest BCUT2D eigenvalue weighted by Gasteiger charge is -2.12. The van der Waals surface area contributed by atoms with Gasteiger partial charge in [0.15, 0.2) is 0 Å². The molecule has 0 heterocycles. The molecular weight excluding hydrogens is 338 g/mol. The van der Waals surface area contributed by atoms with Gasteiger partial charge in [0.2, 0.25) is 5.91 Å². The molecule has 0 aliphatic heterocycles. The second-order valence-electron chi connectivity index (χ2n) is 7.10. The highest BCUT2D eigenvalue weighted by molar-refractivity contribution is 5.96. The van der Waals surface area contributed by atoms with Gasteiger partial charge in [-0.2, -0.15) is 5.26 Å². The van der Waals surface area contributed by atoms with Gasteiger partial charge in [0.25, 0.3) is 5.91 Å². The van der Waals surface area contributed by atoms with Gasteiger partial charge in [-0.25, -0.2) is 0 Å². The van der Waals surface area contributed by atoms with Crippen molar-refractivity contribution in [3.05, 3.63) is 59.2 Å². The van der Waals surface area contributed by atoms with Crippen molar-refractivity contribution in [2.24, 2.45) is 0 Å². The highest BCUT2D eigenvalue weighted by Crippen LogP contribution is 2.25. The van der Waals surface area contributed by atoms with Crippen LogP contribution in [0.3, 0.4) is 0 Å². The lowest BCUT2D eigenvalue weighted by Crippen LogP contribution is -2.31. The standard InChI is InChI=1S/C22H25N3O2/c1-14(2)24-21(26)11-16-5-7-17(8-6-16)20-12-18(9-10-19(20)13-23)22(27)25-15(3)4/h5-10,12,14-15H,11H2,1-4H3,(H,24,26)(H,25,27). The molecule has 0 aliphatic carbocycles. The Hall–Kier alpha value is -3.13. The smallest absolute Gasteiger partial charge is 0.251 e. The normalized spacial score (nSPS) is 10.6. The lowest BCUT2D eigenvalue weighted by molar-refractivity contribution is -0.120. The Morgan fingerprint density at radius 1 is 0.963 bits per heavy atom. The second-order valence-corrected chi connectivity index (χ2v) is 7.10. The zero-order chi connectivity index (χ0) is 20.0. The van der Waals surface area contributed by atoms with E-state index in [1.54, 1.807) is 18.2 Å². The van der Waals surface area contributed by atoms with Crippen LogP contribution in [0.4, 0.5) is 0 Å². The molecule has 2 N–H and O–H groups in total. The third kappa shape index (κ3) is 5.68. The Balaban J connectivity index is 2.27. The summed E-state index contributed by atoms with van der Waals surface area (Å²) in [6, 6.07) is 14.9. The number of carbonyl (C=O) groups excluding carboxylic acids is 2. The summed E-state index contributed by atoms with van der Waals surface area (Å²) >= 11 is 0. The molecule has 2 rings (SSSR count). The largest absolute Gasteiger partial charge is 0.354 e. The van der Waals surface area contributed by atoms with Crippen molar-refractivity contribution in [3.8, 4) is 17.2 Å². The first-order valence-corrected chi connectivity index (χ1v) is 9.04. The van der Waals surface area contributed by atoms with Crippen molar-refractivity contribution < 1.29 is 9.59 Å². The minimum absolute atomic E-state index is 0.0252. The summed E-state index contributed by atoms with van der Waals surface area (Å²) in [5.74, 6) is -0.194. The van der Waals surface area contributed by atoms with E-state index in [1.807, 2.05) is 52.0 Å². The van der Waals surface area contributed by atoms with Crippen LogP contribution in [-0.2, 0) is 11.2 Å². The van der Waals surface area contributed by atoms with E-state index in [0.29, 0.717) is 23.1 Å². The van der Waals surface area contributed by atoms with Crippen LogP contribution in [0.25, 0.3) is 11.1 Å². The van der Waals surface area contributed by atoms with E-state index in [4.69, 9.17) is 0 Å². The molecule has 5 nitrogen and oxygen atoms in total. The molecule has 2 amide bonds. The van der Waals surface area contributed by atoms with Crippen molar-refractivity contribution in [3.63, 3.8) is 0 Å². The maximum atomic E-state index is 12.3. The fraction of sp³-hybridized carbons (Fsp3) is 0.318. The van der Waals surface area contributed by atoms with Crippen LogP contribution in [0.1, 0.15) is 49.2 Å². The van der Waals surface area contributed by atoms with Gasteiger partial charge >= 0.3 is 0 Å². The van der Waals surface area contributed by atoms with Crippen LogP contribution in [-0.4, -0.2) is 23.9 Å². The SMILES string of the molecule is CC(C)NC(=O)Cc1ccc(-c2cc(C(=O)NC(C)C)ccc2C#N)cc1. The maximum absolute atomic E-state index is 12.3. The molecule has 0 aliphatic rings. The number of benzene rings is 2. The molecule has 5 heteroatoms. The summed E-state index contributed by atoms with van der Waals surface area (Å²) in [5, 5.41) is 15.1. The first kappa shape index (κ1) is 20.2. The molecule has 0 saturated carbocycles. The molecule has 0 saturated heterocycles. The maximum Gasteiger partial charge on any atom is 0.251 e. The van der Waals surface area contributed by atoms with Crippen LogP contribution in [0.5, 0.6) is 0 Å². The minimum atomic E-state index is -0.169. The lowest BCUT2D eigenvalue weighted by atomic mass is 9.96. The Labute approximate surface area is 160 Å². The number of carbonyl (C=O) groups is 2. The molecule has 27 heavy (non-hydrogen) atoms. The third-order valence-electron chi connectivity index (χ3n) is 3.90. The summed E-state index contributed by atoms with van der Waals surface area (Å²) < 4.78 is 0. The Kier molecular flexibility index (Phi) is 6.73. The quantitative estimate of drug-likeness (QED) is 0.825. The average Bonchev–Trinajstić information content (AvgIpc) is 2.60. The van der Waals surface area contributed by atoms with E-state index in [0.717, 1.165) is 11.1 Å². The average molecular weight is 363 g/mol.